The molecule has 0 radical (unpaired) electrons. The maximum atomic E-state index is 13.6. The molecular weight excluding hydrogens is 307 g/mol. The fourth-order valence-corrected chi connectivity index (χ4v) is 2.27. The van der Waals surface area contributed by atoms with Crippen LogP contribution in [0.1, 0.15) is 16.8 Å². The van der Waals surface area contributed by atoms with Crippen LogP contribution in [-0.2, 0) is 24.3 Å². The van der Waals surface area contributed by atoms with E-state index >= 15 is 0 Å². The summed E-state index contributed by atoms with van der Waals surface area (Å²) >= 11 is 0. The minimum Gasteiger partial charge on any atom is -0.380 e. The summed E-state index contributed by atoms with van der Waals surface area (Å²) in [6.07, 6.45) is 2.60. The van der Waals surface area contributed by atoms with Gasteiger partial charge in [0.1, 0.15) is 5.82 Å². The summed E-state index contributed by atoms with van der Waals surface area (Å²) in [7, 11) is 3.27. The summed E-state index contributed by atoms with van der Waals surface area (Å²) in [5.41, 5.74) is 2.55. The Labute approximate surface area is 142 Å². The Kier molecular flexibility index (Phi) is 7.17. The van der Waals surface area contributed by atoms with Crippen LogP contribution >= 0.6 is 0 Å². The summed E-state index contributed by atoms with van der Waals surface area (Å²) in [4.78, 5) is 8.47. The number of rotatable bonds is 7. The first-order valence-electron chi connectivity index (χ1n) is 7.83. The van der Waals surface area contributed by atoms with E-state index in [1.54, 1.807) is 32.5 Å². The molecule has 0 aliphatic rings. The van der Waals surface area contributed by atoms with Crippen molar-refractivity contribution in [2.75, 3.05) is 20.7 Å². The molecule has 0 aliphatic heterocycles. The van der Waals surface area contributed by atoms with Crippen LogP contribution in [0.3, 0.4) is 0 Å². The number of hydrogen-bond donors (Lipinski definition) is 2. The molecule has 1 aromatic heterocycles. The largest absolute Gasteiger partial charge is 0.380 e. The van der Waals surface area contributed by atoms with Crippen LogP contribution in [-0.4, -0.2) is 31.6 Å². The third-order valence-electron chi connectivity index (χ3n) is 3.49. The Morgan fingerprint density at radius 2 is 2.12 bits per heavy atom. The number of nitrogens with zero attached hydrogens (tertiary/aromatic N) is 2. The molecule has 1 heterocycles. The summed E-state index contributed by atoms with van der Waals surface area (Å²) in [5.74, 6) is 0.446. The molecule has 1 aromatic carbocycles. The highest BCUT2D eigenvalue weighted by Gasteiger charge is 2.04. The molecule has 0 amide bonds. The van der Waals surface area contributed by atoms with E-state index < -0.39 is 0 Å². The average molecular weight is 330 g/mol. The molecule has 0 unspecified atom stereocenters. The topological polar surface area (TPSA) is 58.5 Å². The third-order valence-corrected chi connectivity index (χ3v) is 3.49. The Hall–Kier alpha value is -2.47. The van der Waals surface area contributed by atoms with Crippen LogP contribution in [0.25, 0.3) is 0 Å². The van der Waals surface area contributed by atoms with Crippen molar-refractivity contribution in [1.29, 1.82) is 0 Å². The van der Waals surface area contributed by atoms with E-state index in [-0.39, 0.29) is 12.4 Å². The van der Waals surface area contributed by atoms with E-state index in [0.717, 1.165) is 24.2 Å². The van der Waals surface area contributed by atoms with E-state index in [0.29, 0.717) is 18.1 Å². The lowest BCUT2D eigenvalue weighted by atomic mass is 10.1. The predicted molar refractivity (Wildman–Crippen MR) is 93.3 cm³/mol. The van der Waals surface area contributed by atoms with Gasteiger partial charge in [-0.25, -0.2) is 4.39 Å². The summed E-state index contributed by atoms with van der Waals surface area (Å²) in [6, 6.07) is 10.9. The van der Waals surface area contributed by atoms with Crippen molar-refractivity contribution in [1.82, 2.24) is 15.6 Å². The number of aromatic nitrogens is 1. The molecule has 0 aliphatic carbocycles. The van der Waals surface area contributed by atoms with Gasteiger partial charge in [0, 0.05) is 51.1 Å². The molecule has 5 nitrogen and oxygen atoms in total. The monoisotopic (exact) mass is 330 g/mol. The molecule has 2 N–H and O–H groups in total. The van der Waals surface area contributed by atoms with Crippen LogP contribution in [0.15, 0.2) is 47.6 Å². The number of methoxy groups -OCH3 is 1. The number of ether oxygens (including phenoxy) is 1. The van der Waals surface area contributed by atoms with Gasteiger partial charge < -0.3 is 15.4 Å². The fourth-order valence-electron chi connectivity index (χ4n) is 2.27. The maximum absolute atomic E-state index is 13.6. The number of nitrogens with one attached hydrogen (secondary N) is 2. The van der Waals surface area contributed by atoms with Crippen molar-refractivity contribution in [3.63, 3.8) is 0 Å². The minimum absolute atomic E-state index is 0.251. The molecule has 0 spiro atoms. The molecule has 128 valence electrons. The quantitative estimate of drug-likeness (QED) is 0.604. The van der Waals surface area contributed by atoms with E-state index in [4.69, 9.17) is 4.74 Å². The van der Waals surface area contributed by atoms with Gasteiger partial charge in [-0.2, -0.15) is 0 Å². The van der Waals surface area contributed by atoms with Crippen LogP contribution < -0.4 is 10.6 Å². The zero-order valence-electron chi connectivity index (χ0n) is 14.1. The van der Waals surface area contributed by atoms with Gasteiger partial charge in [-0.05, 0) is 29.8 Å². The lowest BCUT2D eigenvalue weighted by Crippen LogP contribution is -2.37. The predicted octanol–water partition coefficient (Wildman–Crippen LogP) is 2.27. The van der Waals surface area contributed by atoms with E-state index in [2.05, 4.69) is 20.6 Å². The van der Waals surface area contributed by atoms with Crippen LogP contribution in [0.5, 0.6) is 0 Å². The van der Waals surface area contributed by atoms with Crippen molar-refractivity contribution in [2.24, 2.45) is 4.99 Å². The Bertz CT molecular complexity index is 661. The summed E-state index contributed by atoms with van der Waals surface area (Å²) < 4.78 is 18.6. The average Bonchev–Trinajstić information content (AvgIpc) is 2.61. The van der Waals surface area contributed by atoms with E-state index in [1.807, 2.05) is 18.2 Å². The molecule has 2 rings (SSSR count). The van der Waals surface area contributed by atoms with Crippen LogP contribution in [0.2, 0.25) is 0 Å². The number of guanidine groups is 1. The zero-order valence-corrected chi connectivity index (χ0v) is 14.1. The highest BCUT2D eigenvalue weighted by molar-refractivity contribution is 5.79. The molecule has 0 fully saturated rings. The number of aliphatic imine (C=N–C) groups is 1. The van der Waals surface area contributed by atoms with Gasteiger partial charge in [0.05, 0.1) is 6.61 Å². The lowest BCUT2D eigenvalue weighted by molar-refractivity contribution is 0.181. The second-order valence-corrected chi connectivity index (χ2v) is 5.28. The standard InChI is InChI=1S/C18H23FN4O/c1-20-18(22-10-8-16-5-3-4-9-21-16)23-12-14-6-7-17(19)15(11-14)13-24-2/h3-7,9,11H,8,10,12-13H2,1-2H3,(H2,20,22,23). The molecular formula is C18H23FN4O. The molecule has 6 heteroatoms. The van der Waals surface area contributed by atoms with E-state index in [9.17, 15) is 4.39 Å². The second kappa shape index (κ2) is 9.62. The van der Waals surface area contributed by atoms with Gasteiger partial charge in [-0.3, -0.25) is 9.98 Å². The third kappa shape index (κ3) is 5.62. The summed E-state index contributed by atoms with van der Waals surface area (Å²) in [5, 5.41) is 6.46. The summed E-state index contributed by atoms with van der Waals surface area (Å²) in [6.45, 7) is 1.55. The Balaban J connectivity index is 1.82. The van der Waals surface area contributed by atoms with Crippen LogP contribution in [0.4, 0.5) is 4.39 Å². The molecule has 2 aromatic rings. The lowest BCUT2D eigenvalue weighted by Gasteiger charge is -2.12. The van der Waals surface area contributed by atoms with E-state index in [1.165, 1.54) is 6.07 Å². The number of hydrogen-bond acceptors (Lipinski definition) is 3. The van der Waals surface area contributed by atoms with Crippen molar-refractivity contribution in [2.45, 2.75) is 19.6 Å². The highest BCUT2D eigenvalue weighted by Crippen LogP contribution is 2.11. The SMILES string of the molecule is CN=C(NCCc1ccccn1)NCc1ccc(F)c(COC)c1. The highest BCUT2D eigenvalue weighted by atomic mass is 19.1. The minimum atomic E-state index is -0.251. The fraction of sp³-hybridized carbons (Fsp3) is 0.333. The van der Waals surface area contributed by atoms with Gasteiger partial charge >= 0.3 is 0 Å². The molecule has 0 saturated heterocycles. The van der Waals surface area contributed by atoms with Gasteiger partial charge in [0.2, 0.25) is 0 Å². The van der Waals surface area contributed by atoms with Gasteiger partial charge in [0.15, 0.2) is 5.96 Å². The van der Waals surface area contributed by atoms with Crippen molar-refractivity contribution >= 4 is 5.96 Å². The molecule has 0 atom stereocenters. The molecule has 24 heavy (non-hydrogen) atoms. The first kappa shape index (κ1) is 17.9. The molecule has 0 saturated carbocycles. The smallest absolute Gasteiger partial charge is 0.191 e. The number of pyridine rings is 1. The Morgan fingerprint density at radius 3 is 2.83 bits per heavy atom. The van der Waals surface area contributed by atoms with Crippen molar-refractivity contribution in [3.8, 4) is 0 Å². The molecule has 0 bridgehead atoms. The number of benzene rings is 1. The first-order valence-corrected chi connectivity index (χ1v) is 7.83. The van der Waals surface area contributed by atoms with Crippen molar-refractivity contribution < 1.29 is 9.13 Å². The second-order valence-electron chi connectivity index (χ2n) is 5.28. The van der Waals surface area contributed by atoms with Gasteiger partial charge in [-0.15, -0.1) is 0 Å². The Morgan fingerprint density at radius 1 is 1.25 bits per heavy atom. The van der Waals surface area contributed by atoms with Gasteiger partial charge in [0.25, 0.3) is 0 Å². The normalized spacial score (nSPS) is 11.4. The number of halogens is 1. The first-order chi connectivity index (χ1) is 11.7. The van der Waals surface area contributed by atoms with Gasteiger partial charge in [-0.1, -0.05) is 12.1 Å². The zero-order chi connectivity index (χ0) is 17.2. The maximum Gasteiger partial charge on any atom is 0.191 e. The van der Waals surface area contributed by atoms with Crippen molar-refractivity contribution in [3.05, 3.63) is 65.2 Å². The van der Waals surface area contributed by atoms with Crippen LogP contribution in [0, 0.1) is 5.82 Å².